The van der Waals surface area contributed by atoms with Crippen LogP contribution in [0.4, 0.5) is 5.69 Å². The zero-order valence-corrected chi connectivity index (χ0v) is 7.36. The standard InChI is InChI=1S/C7H6N4O4/c12-4-1-3(7(15)9-8-4)11-6(14)2-5(13)10-11/h1H,2H2,(H,8,12)(H,9,15)(H,10,13). The van der Waals surface area contributed by atoms with Crippen LogP contribution in [0.1, 0.15) is 6.42 Å². The summed E-state index contributed by atoms with van der Waals surface area (Å²) in [5.41, 5.74) is 0.728. The molecule has 2 rings (SSSR count). The maximum Gasteiger partial charge on any atom is 0.288 e. The maximum atomic E-state index is 11.2. The Hall–Kier alpha value is -2.38. The second-order valence-electron chi connectivity index (χ2n) is 2.91. The van der Waals surface area contributed by atoms with Crippen molar-refractivity contribution < 1.29 is 9.59 Å². The molecule has 3 N–H and O–H groups in total. The van der Waals surface area contributed by atoms with Crippen molar-refractivity contribution in [2.75, 3.05) is 5.01 Å². The quantitative estimate of drug-likeness (QED) is 0.457. The third kappa shape index (κ3) is 1.52. The highest BCUT2D eigenvalue weighted by Crippen LogP contribution is 2.08. The molecule has 0 atom stereocenters. The highest BCUT2D eigenvalue weighted by Gasteiger charge is 2.29. The summed E-state index contributed by atoms with van der Waals surface area (Å²) in [6.07, 6.45) is -0.327. The normalized spacial score (nSPS) is 15.6. The van der Waals surface area contributed by atoms with Gasteiger partial charge in [0.15, 0.2) is 0 Å². The lowest BCUT2D eigenvalue weighted by Crippen LogP contribution is -2.40. The molecular formula is C7H6N4O4. The van der Waals surface area contributed by atoms with Crippen LogP contribution in [-0.2, 0) is 9.59 Å². The average Bonchev–Trinajstić information content (AvgIpc) is 2.50. The van der Waals surface area contributed by atoms with Gasteiger partial charge in [0.05, 0.1) is 0 Å². The van der Waals surface area contributed by atoms with Gasteiger partial charge in [0, 0.05) is 6.07 Å². The third-order valence-corrected chi connectivity index (χ3v) is 1.84. The van der Waals surface area contributed by atoms with E-state index in [1.54, 1.807) is 0 Å². The van der Waals surface area contributed by atoms with Crippen molar-refractivity contribution >= 4 is 17.5 Å². The molecule has 15 heavy (non-hydrogen) atoms. The first-order valence-electron chi connectivity index (χ1n) is 4.02. The fourth-order valence-corrected chi connectivity index (χ4v) is 1.21. The molecule has 1 aliphatic heterocycles. The summed E-state index contributed by atoms with van der Waals surface area (Å²) in [7, 11) is 0. The number of hydrogen-bond acceptors (Lipinski definition) is 4. The molecule has 0 radical (unpaired) electrons. The van der Waals surface area contributed by atoms with E-state index in [4.69, 9.17) is 0 Å². The van der Waals surface area contributed by atoms with E-state index in [1.807, 2.05) is 10.2 Å². The van der Waals surface area contributed by atoms with Crippen molar-refractivity contribution in [3.63, 3.8) is 0 Å². The molecule has 0 bridgehead atoms. The molecule has 1 fully saturated rings. The van der Waals surface area contributed by atoms with E-state index in [0.29, 0.717) is 0 Å². The van der Waals surface area contributed by atoms with E-state index >= 15 is 0 Å². The minimum Gasteiger partial charge on any atom is -0.273 e. The smallest absolute Gasteiger partial charge is 0.273 e. The molecule has 2 heterocycles. The second-order valence-corrected chi connectivity index (χ2v) is 2.91. The Kier molecular flexibility index (Phi) is 1.89. The summed E-state index contributed by atoms with van der Waals surface area (Å²) in [5, 5.41) is 4.85. The number of hydrazine groups is 1. The lowest BCUT2D eigenvalue weighted by Gasteiger charge is -2.12. The molecular weight excluding hydrogens is 204 g/mol. The molecule has 8 nitrogen and oxygen atoms in total. The number of rotatable bonds is 1. The number of H-pyrrole nitrogens is 2. The number of nitrogens with one attached hydrogen (secondary N) is 3. The van der Waals surface area contributed by atoms with E-state index in [0.717, 1.165) is 11.1 Å². The monoisotopic (exact) mass is 210 g/mol. The number of hydrogen-bond donors (Lipinski definition) is 3. The van der Waals surface area contributed by atoms with Gasteiger partial charge in [-0.05, 0) is 0 Å². The first-order chi connectivity index (χ1) is 7.08. The second kappa shape index (κ2) is 3.08. The van der Waals surface area contributed by atoms with Crippen LogP contribution in [0, 0.1) is 0 Å². The van der Waals surface area contributed by atoms with Gasteiger partial charge in [-0.1, -0.05) is 0 Å². The minimum absolute atomic E-state index is 0.199. The average molecular weight is 210 g/mol. The van der Waals surface area contributed by atoms with Crippen LogP contribution in [0.5, 0.6) is 0 Å². The molecule has 0 saturated carbocycles. The highest BCUT2D eigenvalue weighted by molar-refractivity contribution is 6.11. The fourth-order valence-electron chi connectivity index (χ4n) is 1.21. The SMILES string of the molecule is O=C1CC(=O)N(c2cc(=O)[nH][nH]c2=O)N1. The predicted octanol–water partition coefficient (Wildman–Crippen LogP) is -2.17. The van der Waals surface area contributed by atoms with Crippen molar-refractivity contribution in [2.45, 2.75) is 6.42 Å². The molecule has 0 unspecified atom stereocenters. The summed E-state index contributed by atoms with van der Waals surface area (Å²) in [6.45, 7) is 0. The number of nitrogens with zero attached hydrogens (tertiary/aromatic N) is 1. The van der Waals surface area contributed by atoms with Gasteiger partial charge in [-0.15, -0.1) is 0 Å². The van der Waals surface area contributed by atoms with E-state index in [-0.39, 0.29) is 12.1 Å². The largest absolute Gasteiger partial charge is 0.288 e. The van der Waals surface area contributed by atoms with Crippen LogP contribution in [0.25, 0.3) is 0 Å². The van der Waals surface area contributed by atoms with Crippen molar-refractivity contribution in [1.29, 1.82) is 0 Å². The van der Waals surface area contributed by atoms with Gasteiger partial charge < -0.3 is 0 Å². The molecule has 78 valence electrons. The number of carbonyl (C=O) groups excluding carboxylic acids is 2. The molecule has 1 saturated heterocycles. The third-order valence-electron chi connectivity index (χ3n) is 1.84. The molecule has 0 spiro atoms. The molecule has 2 amide bonds. The zero-order chi connectivity index (χ0) is 11.0. The molecule has 8 heteroatoms. The Bertz CT molecular complexity index is 542. The van der Waals surface area contributed by atoms with Gasteiger partial charge in [-0.3, -0.25) is 34.8 Å². The summed E-state index contributed by atoms with van der Waals surface area (Å²) < 4.78 is 0. The summed E-state index contributed by atoms with van der Waals surface area (Å²) in [5.74, 6) is -1.09. The predicted molar refractivity (Wildman–Crippen MR) is 47.9 cm³/mol. The Balaban J connectivity index is 2.50. The number of aromatic amines is 2. The van der Waals surface area contributed by atoms with Crippen LogP contribution in [0.15, 0.2) is 15.7 Å². The van der Waals surface area contributed by atoms with E-state index in [1.165, 1.54) is 0 Å². The summed E-state index contributed by atoms with van der Waals surface area (Å²) in [6, 6.07) is 0.933. The molecule has 1 aromatic rings. The van der Waals surface area contributed by atoms with Crippen molar-refractivity contribution in [1.82, 2.24) is 15.6 Å². The Labute approximate surface area is 81.9 Å². The minimum atomic E-state index is -0.662. The first-order valence-corrected chi connectivity index (χ1v) is 4.02. The van der Waals surface area contributed by atoms with Crippen LogP contribution in [0.2, 0.25) is 0 Å². The van der Waals surface area contributed by atoms with Gasteiger partial charge in [0.2, 0.25) is 5.91 Å². The van der Waals surface area contributed by atoms with Gasteiger partial charge in [0.1, 0.15) is 12.1 Å². The highest BCUT2D eigenvalue weighted by atomic mass is 16.2. The van der Waals surface area contributed by atoms with E-state index in [9.17, 15) is 19.2 Å². The number of amides is 2. The summed E-state index contributed by atoms with van der Waals surface area (Å²) >= 11 is 0. The van der Waals surface area contributed by atoms with Crippen molar-refractivity contribution in [2.24, 2.45) is 0 Å². The summed E-state index contributed by atoms with van der Waals surface area (Å²) in [4.78, 5) is 44.2. The van der Waals surface area contributed by atoms with Gasteiger partial charge in [0.25, 0.3) is 17.0 Å². The molecule has 1 aromatic heterocycles. The number of aromatic nitrogens is 2. The van der Waals surface area contributed by atoms with E-state index < -0.39 is 22.9 Å². The number of anilines is 1. The van der Waals surface area contributed by atoms with Crippen LogP contribution in [-0.4, -0.2) is 22.0 Å². The van der Waals surface area contributed by atoms with Gasteiger partial charge >= 0.3 is 0 Å². The van der Waals surface area contributed by atoms with Gasteiger partial charge in [-0.25, -0.2) is 5.01 Å². The molecule has 1 aliphatic rings. The maximum absolute atomic E-state index is 11.2. The van der Waals surface area contributed by atoms with Crippen molar-refractivity contribution in [3.05, 3.63) is 26.8 Å². The number of carbonyl (C=O) groups is 2. The fraction of sp³-hybridized carbons (Fsp3) is 0.143. The first kappa shape index (κ1) is 9.19. The van der Waals surface area contributed by atoms with Crippen LogP contribution in [0.3, 0.4) is 0 Å². The van der Waals surface area contributed by atoms with Crippen LogP contribution < -0.4 is 21.6 Å². The topological polar surface area (TPSA) is 115 Å². The lowest BCUT2D eigenvalue weighted by atomic mass is 10.4. The molecule has 0 aliphatic carbocycles. The Morgan fingerprint density at radius 1 is 1.13 bits per heavy atom. The van der Waals surface area contributed by atoms with Crippen LogP contribution >= 0.6 is 0 Å². The van der Waals surface area contributed by atoms with E-state index in [2.05, 4.69) is 5.43 Å². The zero-order valence-electron chi connectivity index (χ0n) is 7.36. The van der Waals surface area contributed by atoms with Gasteiger partial charge in [-0.2, -0.15) is 0 Å². The lowest BCUT2D eigenvalue weighted by molar-refractivity contribution is -0.122. The molecule has 0 aromatic carbocycles. The Morgan fingerprint density at radius 3 is 2.47 bits per heavy atom. The van der Waals surface area contributed by atoms with Crippen molar-refractivity contribution in [3.8, 4) is 0 Å². The Morgan fingerprint density at radius 2 is 1.87 bits per heavy atom.